The van der Waals surface area contributed by atoms with Crippen LogP contribution in [-0.4, -0.2) is 27.2 Å². The van der Waals surface area contributed by atoms with Gasteiger partial charge in [-0.05, 0) is 127 Å². The molecule has 2 aliphatic rings. The second-order valence-corrected chi connectivity index (χ2v) is 19.2. The fourth-order valence-corrected chi connectivity index (χ4v) is 9.57. The Bertz CT molecular complexity index is 1860. The smallest absolute Gasteiger partial charge is 0.483 e. The molecular formula is C53H80N2O9. The Morgan fingerprint density at radius 2 is 0.844 bits per heavy atom. The maximum atomic E-state index is 13.7. The quantitative estimate of drug-likeness (QED) is 0.0297. The van der Waals surface area contributed by atoms with Crippen LogP contribution in [0, 0.1) is 61.8 Å². The third-order valence-electron chi connectivity index (χ3n) is 13.9. The maximum absolute atomic E-state index is 13.7. The zero-order chi connectivity index (χ0) is 47.0. The third kappa shape index (κ3) is 14.3. The highest BCUT2D eigenvalue weighted by Gasteiger charge is 2.38. The summed E-state index contributed by atoms with van der Waals surface area (Å²) in [5.41, 5.74) is 5.15. The van der Waals surface area contributed by atoms with Crippen molar-refractivity contribution in [1.29, 1.82) is 0 Å². The molecular weight excluding hydrogens is 809 g/mol. The number of nitrogens with zero attached hydrogens (tertiary/aromatic N) is 2. The van der Waals surface area contributed by atoms with Crippen molar-refractivity contribution in [3.05, 3.63) is 88.3 Å². The molecule has 2 aromatic carbocycles. The van der Waals surface area contributed by atoms with Crippen LogP contribution in [0.3, 0.4) is 0 Å². The zero-order valence-electron chi connectivity index (χ0n) is 41.2. The van der Waals surface area contributed by atoms with Gasteiger partial charge in [0, 0.05) is 36.1 Å². The first-order chi connectivity index (χ1) is 30.5. The van der Waals surface area contributed by atoms with Crippen LogP contribution >= 0.6 is 0 Å². The lowest BCUT2D eigenvalue weighted by molar-refractivity contribution is -0.429. The van der Waals surface area contributed by atoms with E-state index in [1.54, 1.807) is 12.2 Å². The summed E-state index contributed by atoms with van der Waals surface area (Å²) in [6.45, 7) is 19.7. The lowest BCUT2D eigenvalue weighted by atomic mass is 9.86. The van der Waals surface area contributed by atoms with Crippen molar-refractivity contribution in [3.8, 4) is 23.0 Å². The predicted molar refractivity (Wildman–Crippen MR) is 257 cm³/mol. The molecule has 2 unspecified atom stereocenters. The van der Waals surface area contributed by atoms with Gasteiger partial charge in [-0.25, -0.2) is 4.79 Å². The number of unbranched alkanes of at least 4 members (excludes halogenated alkanes) is 16. The minimum atomic E-state index is -0.857. The molecule has 4 rings (SSSR count). The molecule has 0 aliphatic carbocycles. The van der Waals surface area contributed by atoms with E-state index in [0.717, 1.165) is 83.0 Å². The van der Waals surface area contributed by atoms with Crippen molar-refractivity contribution in [2.45, 2.75) is 235 Å². The summed E-state index contributed by atoms with van der Waals surface area (Å²) in [7, 11) is 0. The molecule has 0 N–H and O–H groups in total. The van der Waals surface area contributed by atoms with Gasteiger partial charge in [-0.1, -0.05) is 117 Å². The second kappa shape index (κ2) is 24.8. The van der Waals surface area contributed by atoms with E-state index in [2.05, 4.69) is 13.8 Å². The first-order valence-electron chi connectivity index (χ1n) is 24.7. The summed E-state index contributed by atoms with van der Waals surface area (Å²) < 4.78 is 25.3. The highest BCUT2D eigenvalue weighted by Crippen LogP contribution is 2.47. The van der Waals surface area contributed by atoms with Gasteiger partial charge in [-0.2, -0.15) is 0 Å². The lowest BCUT2D eigenvalue weighted by Crippen LogP contribution is -2.36. The standard InChI is InChI=1S/C53H80N2O9/c1-11-13-15-17-19-21-23-25-27-29-43(54(57)58)35-52(9)33-31-45-41(7)47(37(3)39(5)49(45)63-52)61-51(56)62-48-38(4)40(6)50-46(42(48)8)32-34-53(10,64-50)36-44(55(59)60)30-28-26-24-22-20-18-16-14-12-2/h35-36H,11-34H2,1-10H3/b43-35+,44-36+. The van der Waals surface area contributed by atoms with Crippen LogP contribution < -0.4 is 18.9 Å². The zero-order valence-corrected chi connectivity index (χ0v) is 41.2. The number of fused-ring (bicyclic) bond motifs is 2. The summed E-state index contributed by atoms with van der Waals surface area (Å²) in [5.74, 6) is 2.19. The minimum Gasteiger partial charge on any atom is -0.483 e. The molecule has 0 radical (unpaired) electrons. The molecule has 2 heterocycles. The number of allylic oxidation sites excluding steroid dienone is 2. The molecule has 0 saturated carbocycles. The molecule has 0 fully saturated rings. The van der Waals surface area contributed by atoms with E-state index in [1.165, 1.54) is 77.0 Å². The number of carbonyl (C=O) groups excluding carboxylic acids is 1. The molecule has 11 heteroatoms. The van der Waals surface area contributed by atoms with Crippen molar-refractivity contribution in [2.75, 3.05) is 0 Å². The summed E-state index contributed by atoms with van der Waals surface area (Å²) in [5, 5.41) is 24.3. The first kappa shape index (κ1) is 52.2. The molecule has 0 spiro atoms. The molecule has 11 nitrogen and oxygen atoms in total. The summed E-state index contributed by atoms with van der Waals surface area (Å²) in [6.07, 6.45) is 26.4. The van der Waals surface area contributed by atoms with Crippen LogP contribution in [0.2, 0.25) is 0 Å². The van der Waals surface area contributed by atoms with Gasteiger partial charge in [0.05, 0.1) is 9.85 Å². The number of nitro groups is 2. The minimum absolute atomic E-state index is 0.201. The average Bonchev–Trinajstić information content (AvgIpc) is 3.25. The lowest BCUT2D eigenvalue weighted by Gasteiger charge is -2.36. The molecule has 0 aromatic heterocycles. The van der Waals surface area contributed by atoms with Gasteiger partial charge in [0.25, 0.3) is 0 Å². The Morgan fingerprint density at radius 3 is 1.16 bits per heavy atom. The van der Waals surface area contributed by atoms with E-state index in [1.807, 2.05) is 55.4 Å². The van der Waals surface area contributed by atoms with Crippen molar-refractivity contribution >= 4 is 6.16 Å². The van der Waals surface area contributed by atoms with E-state index in [-0.39, 0.29) is 21.2 Å². The number of benzene rings is 2. The number of hydrogen-bond donors (Lipinski definition) is 0. The molecule has 2 aromatic rings. The van der Waals surface area contributed by atoms with Gasteiger partial charge in [0.1, 0.15) is 34.2 Å². The molecule has 2 atom stereocenters. The van der Waals surface area contributed by atoms with E-state index in [9.17, 15) is 25.0 Å². The first-order valence-corrected chi connectivity index (χ1v) is 24.7. The molecule has 0 bridgehead atoms. The van der Waals surface area contributed by atoms with Crippen LogP contribution in [0.25, 0.3) is 0 Å². The van der Waals surface area contributed by atoms with Gasteiger partial charge in [0.2, 0.25) is 11.4 Å². The largest absolute Gasteiger partial charge is 0.519 e. The highest BCUT2D eigenvalue weighted by atomic mass is 16.7. The van der Waals surface area contributed by atoms with Gasteiger partial charge in [-0.15, -0.1) is 0 Å². The fraction of sp³-hybridized carbons (Fsp3) is 0.679. The summed E-state index contributed by atoms with van der Waals surface area (Å²) in [4.78, 5) is 37.5. The fourth-order valence-electron chi connectivity index (χ4n) is 9.57. The predicted octanol–water partition coefficient (Wildman–Crippen LogP) is 15.4. The van der Waals surface area contributed by atoms with Gasteiger partial charge in [-0.3, -0.25) is 20.2 Å². The number of rotatable bonds is 26. The Morgan fingerprint density at radius 1 is 0.531 bits per heavy atom. The molecule has 0 amide bonds. The summed E-state index contributed by atoms with van der Waals surface area (Å²) >= 11 is 0. The van der Waals surface area contributed by atoms with Gasteiger partial charge < -0.3 is 18.9 Å². The van der Waals surface area contributed by atoms with E-state index >= 15 is 0 Å². The SMILES string of the molecule is CCCCCCCCCCC/C(=C\C1(C)CCc2c(C)c(OC(=O)Oc3c(C)c(C)c4c(c3C)CCC(C)(/C=C(\CCCCCCCCCCC)[N+](=O)[O-])O4)c(C)c(C)c2O1)[N+](=O)[O-]. The molecule has 356 valence electrons. The van der Waals surface area contributed by atoms with E-state index in [0.29, 0.717) is 61.5 Å². The van der Waals surface area contributed by atoms with Crippen molar-refractivity contribution in [2.24, 2.45) is 0 Å². The van der Waals surface area contributed by atoms with Crippen LogP contribution in [0.15, 0.2) is 23.5 Å². The van der Waals surface area contributed by atoms with Crippen LogP contribution in [0.5, 0.6) is 23.0 Å². The molecule has 2 aliphatic heterocycles. The average molecular weight is 889 g/mol. The maximum Gasteiger partial charge on any atom is 0.519 e. The van der Waals surface area contributed by atoms with Crippen LogP contribution in [0.1, 0.15) is 213 Å². The Balaban J connectivity index is 1.42. The molecule has 64 heavy (non-hydrogen) atoms. The van der Waals surface area contributed by atoms with Gasteiger partial charge >= 0.3 is 6.16 Å². The second-order valence-electron chi connectivity index (χ2n) is 19.2. The van der Waals surface area contributed by atoms with E-state index < -0.39 is 17.4 Å². The molecule has 0 saturated heterocycles. The van der Waals surface area contributed by atoms with Crippen molar-refractivity contribution in [1.82, 2.24) is 0 Å². The topological polar surface area (TPSA) is 140 Å². The van der Waals surface area contributed by atoms with Gasteiger partial charge in [0.15, 0.2) is 0 Å². The Kier molecular flexibility index (Phi) is 20.2. The number of ether oxygens (including phenoxy) is 4. The number of carbonyl (C=O) groups is 1. The highest BCUT2D eigenvalue weighted by molar-refractivity contribution is 5.73. The van der Waals surface area contributed by atoms with Crippen molar-refractivity contribution in [3.63, 3.8) is 0 Å². The van der Waals surface area contributed by atoms with Crippen molar-refractivity contribution < 1.29 is 33.6 Å². The Labute approximate surface area is 384 Å². The third-order valence-corrected chi connectivity index (χ3v) is 13.9. The summed E-state index contributed by atoms with van der Waals surface area (Å²) in [6, 6.07) is 0. The van der Waals surface area contributed by atoms with Crippen LogP contribution in [0.4, 0.5) is 4.79 Å². The normalized spacial score (nSPS) is 18.5. The number of hydrogen-bond acceptors (Lipinski definition) is 9. The monoisotopic (exact) mass is 889 g/mol. The van der Waals surface area contributed by atoms with E-state index in [4.69, 9.17) is 18.9 Å². The Hall–Kier alpha value is -4.41. The van der Waals surface area contributed by atoms with Crippen LogP contribution in [-0.2, 0) is 12.8 Å².